The van der Waals surface area contributed by atoms with E-state index < -0.39 is 112 Å². The molecule has 10 N–H and O–H groups in total. The average Bonchev–Trinajstić information content (AvgIpc) is 2.95. The smallest absolute Gasteiger partial charge is 0.186 e. The highest BCUT2D eigenvalue weighted by Gasteiger charge is 2.48. The van der Waals surface area contributed by atoms with Crippen LogP contribution in [0.5, 0.6) is 0 Å². The summed E-state index contributed by atoms with van der Waals surface area (Å²) in [6.07, 6.45) is -21.1. The van der Waals surface area contributed by atoms with E-state index in [1.54, 1.807) is 0 Å². The van der Waals surface area contributed by atoms with Crippen LogP contribution in [0.3, 0.4) is 0 Å². The molecule has 1 fully saturated rings. The van der Waals surface area contributed by atoms with Crippen LogP contribution in [0.4, 0.5) is 0 Å². The number of rotatable bonds is 18. The maximum atomic E-state index is 10.9. The van der Waals surface area contributed by atoms with Gasteiger partial charge in [0.2, 0.25) is 0 Å². The molecule has 0 aliphatic carbocycles. The van der Waals surface area contributed by atoms with E-state index in [1.807, 2.05) is 0 Å². The molecule has 16 heteroatoms. The molecule has 0 bridgehead atoms. The standard InChI is InChI=1S/C23H46O16/c1-9(6-24)12(26)15(29)17(31)21(34-3)37-8-11-14(28)20(19(33)23(36-5)38-11)39-22(35-4)18(32)16(30)13(27)10(2)7-25/h9-33H,6-8H2,1-5H3. The molecule has 1 aliphatic heterocycles. The summed E-state index contributed by atoms with van der Waals surface area (Å²) in [6, 6.07) is 0. The zero-order valence-corrected chi connectivity index (χ0v) is 22.7. The minimum absolute atomic E-state index is 0.457. The molecule has 15 unspecified atom stereocenters. The SMILES string of the molecule is COC(OCC1OC(OC)C(O)C(OC(OC)C(O)C(O)C(O)C(C)CO)C1O)C(O)C(O)C(O)C(C)CO. The second kappa shape index (κ2) is 17.3. The summed E-state index contributed by atoms with van der Waals surface area (Å²) in [4.78, 5) is 0. The van der Waals surface area contributed by atoms with E-state index in [1.165, 1.54) is 21.0 Å². The lowest BCUT2D eigenvalue weighted by Gasteiger charge is -2.43. The van der Waals surface area contributed by atoms with E-state index in [0.717, 1.165) is 14.2 Å². The van der Waals surface area contributed by atoms with Crippen molar-refractivity contribution in [1.82, 2.24) is 0 Å². The summed E-state index contributed by atoms with van der Waals surface area (Å²) >= 11 is 0. The number of methoxy groups -OCH3 is 3. The number of aliphatic hydroxyl groups is 10. The third kappa shape index (κ3) is 9.44. The van der Waals surface area contributed by atoms with Crippen molar-refractivity contribution >= 4 is 0 Å². The van der Waals surface area contributed by atoms with Crippen molar-refractivity contribution in [2.24, 2.45) is 11.8 Å². The summed E-state index contributed by atoms with van der Waals surface area (Å²) in [7, 11) is 3.45. The van der Waals surface area contributed by atoms with Crippen molar-refractivity contribution in [2.75, 3.05) is 41.2 Å². The van der Waals surface area contributed by atoms with Crippen LogP contribution < -0.4 is 0 Å². The lowest BCUT2D eigenvalue weighted by Crippen LogP contribution is -2.62. The van der Waals surface area contributed by atoms with E-state index >= 15 is 0 Å². The van der Waals surface area contributed by atoms with Crippen LogP contribution in [-0.4, -0.2) is 172 Å². The van der Waals surface area contributed by atoms with Gasteiger partial charge in [-0.1, -0.05) is 13.8 Å². The molecular weight excluding hydrogens is 532 g/mol. The highest BCUT2D eigenvalue weighted by atomic mass is 16.7. The Balaban J connectivity index is 2.99. The van der Waals surface area contributed by atoms with Crippen molar-refractivity contribution in [3.8, 4) is 0 Å². The van der Waals surface area contributed by atoms with E-state index in [0.29, 0.717) is 0 Å². The Labute approximate surface area is 226 Å². The van der Waals surface area contributed by atoms with Crippen LogP contribution in [0.2, 0.25) is 0 Å². The monoisotopic (exact) mass is 578 g/mol. The molecule has 0 radical (unpaired) electrons. The van der Waals surface area contributed by atoms with Crippen LogP contribution in [0.25, 0.3) is 0 Å². The molecule has 39 heavy (non-hydrogen) atoms. The highest BCUT2D eigenvalue weighted by Crippen LogP contribution is 2.28. The predicted molar refractivity (Wildman–Crippen MR) is 129 cm³/mol. The fourth-order valence-corrected chi connectivity index (χ4v) is 3.94. The molecule has 0 saturated carbocycles. The first-order valence-electron chi connectivity index (χ1n) is 12.5. The van der Waals surface area contributed by atoms with Crippen molar-refractivity contribution in [2.45, 2.75) is 93.8 Å². The van der Waals surface area contributed by atoms with Gasteiger partial charge in [0.15, 0.2) is 18.9 Å². The Kier molecular flexibility index (Phi) is 16.2. The Morgan fingerprint density at radius 2 is 1.13 bits per heavy atom. The summed E-state index contributed by atoms with van der Waals surface area (Å²) in [5.41, 5.74) is 0. The molecule has 16 nitrogen and oxygen atoms in total. The van der Waals surface area contributed by atoms with Gasteiger partial charge in [-0.15, -0.1) is 0 Å². The minimum atomic E-state index is -1.88. The molecule has 1 heterocycles. The van der Waals surface area contributed by atoms with Crippen molar-refractivity contribution in [3.05, 3.63) is 0 Å². The fraction of sp³-hybridized carbons (Fsp3) is 1.00. The second-order valence-corrected chi connectivity index (χ2v) is 9.67. The first-order valence-corrected chi connectivity index (χ1v) is 12.5. The van der Waals surface area contributed by atoms with Gasteiger partial charge in [0.25, 0.3) is 0 Å². The van der Waals surface area contributed by atoms with Gasteiger partial charge < -0.3 is 79.5 Å². The average molecular weight is 579 g/mol. The quantitative estimate of drug-likeness (QED) is 0.0682. The summed E-state index contributed by atoms with van der Waals surface area (Å²) in [6.45, 7) is 1.42. The topological polar surface area (TPSA) is 258 Å². The van der Waals surface area contributed by atoms with Gasteiger partial charge in [-0.05, 0) is 0 Å². The predicted octanol–water partition coefficient (Wildman–Crippen LogP) is -5.15. The van der Waals surface area contributed by atoms with Gasteiger partial charge in [0.1, 0.15) is 48.8 Å². The van der Waals surface area contributed by atoms with Gasteiger partial charge in [-0.3, -0.25) is 0 Å². The fourth-order valence-electron chi connectivity index (χ4n) is 3.94. The van der Waals surface area contributed by atoms with Crippen LogP contribution in [0, 0.1) is 11.8 Å². The third-order valence-corrected chi connectivity index (χ3v) is 6.75. The zero-order valence-electron chi connectivity index (χ0n) is 22.7. The molecule has 1 saturated heterocycles. The number of hydrogen-bond acceptors (Lipinski definition) is 16. The van der Waals surface area contributed by atoms with Gasteiger partial charge in [-0.2, -0.15) is 0 Å². The van der Waals surface area contributed by atoms with Gasteiger partial charge >= 0.3 is 0 Å². The minimum Gasteiger partial charge on any atom is -0.396 e. The lowest BCUT2D eigenvalue weighted by atomic mass is 9.96. The number of aliphatic hydroxyl groups excluding tert-OH is 10. The van der Waals surface area contributed by atoms with E-state index in [9.17, 15) is 51.1 Å². The molecule has 234 valence electrons. The van der Waals surface area contributed by atoms with Crippen molar-refractivity contribution in [1.29, 1.82) is 0 Å². The summed E-state index contributed by atoms with van der Waals surface area (Å²) in [5, 5.41) is 102. The number of hydrogen-bond donors (Lipinski definition) is 10. The Morgan fingerprint density at radius 3 is 1.54 bits per heavy atom. The van der Waals surface area contributed by atoms with Crippen LogP contribution in [0.15, 0.2) is 0 Å². The molecule has 0 aromatic rings. The first-order chi connectivity index (χ1) is 18.3. The molecule has 1 aliphatic rings. The van der Waals surface area contributed by atoms with Crippen LogP contribution >= 0.6 is 0 Å². The highest BCUT2D eigenvalue weighted by molar-refractivity contribution is 4.92. The molecule has 1 rings (SSSR count). The molecular formula is C23H46O16. The molecule has 0 aromatic heterocycles. The van der Waals surface area contributed by atoms with E-state index in [4.69, 9.17) is 28.4 Å². The first kappa shape index (κ1) is 36.4. The van der Waals surface area contributed by atoms with E-state index in [2.05, 4.69) is 0 Å². The van der Waals surface area contributed by atoms with Gasteiger partial charge in [0, 0.05) is 46.4 Å². The summed E-state index contributed by atoms with van der Waals surface area (Å²) < 4.78 is 31.7. The third-order valence-electron chi connectivity index (χ3n) is 6.75. The maximum Gasteiger partial charge on any atom is 0.186 e. The van der Waals surface area contributed by atoms with Gasteiger partial charge in [-0.25, -0.2) is 0 Å². The van der Waals surface area contributed by atoms with Crippen molar-refractivity contribution < 1.29 is 79.5 Å². The summed E-state index contributed by atoms with van der Waals surface area (Å²) in [5.74, 6) is -1.57. The van der Waals surface area contributed by atoms with Crippen LogP contribution in [-0.2, 0) is 28.4 Å². The molecule has 0 aromatic carbocycles. The Morgan fingerprint density at radius 1 is 0.667 bits per heavy atom. The lowest BCUT2D eigenvalue weighted by molar-refractivity contribution is -0.339. The molecule has 15 atom stereocenters. The van der Waals surface area contributed by atoms with Gasteiger partial charge in [0.05, 0.1) is 18.8 Å². The normalized spacial score (nSPS) is 31.9. The second-order valence-electron chi connectivity index (χ2n) is 9.67. The Hall–Kier alpha value is -0.640. The van der Waals surface area contributed by atoms with Crippen molar-refractivity contribution in [3.63, 3.8) is 0 Å². The largest absolute Gasteiger partial charge is 0.396 e. The van der Waals surface area contributed by atoms with E-state index in [-0.39, 0.29) is 0 Å². The molecule has 0 spiro atoms. The zero-order chi connectivity index (χ0) is 30.0. The number of ether oxygens (including phenoxy) is 6. The maximum absolute atomic E-state index is 10.9. The Bertz CT molecular complexity index is 660. The van der Waals surface area contributed by atoms with Crippen LogP contribution in [0.1, 0.15) is 13.8 Å². The molecule has 0 amide bonds.